The highest BCUT2D eigenvalue weighted by Gasteiger charge is 2.50. The summed E-state index contributed by atoms with van der Waals surface area (Å²) in [6, 6.07) is 2.13. The van der Waals surface area contributed by atoms with Gasteiger partial charge in [-0.15, -0.1) is 0 Å². The Bertz CT molecular complexity index is 402. The van der Waals surface area contributed by atoms with Gasteiger partial charge in [0, 0.05) is 5.57 Å². The molecule has 0 radical (unpaired) electrons. The Kier molecular flexibility index (Phi) is 2.15. The molecule has 0 aromatic heterocycles. The van der Waals surface area contributed by atoms with Gasteiger partial charge in [-0.3, -0.25) is 0 Å². The highest BCUT2D eigenvalue weighted by molar-refractivity contribution is 5.87. The second kappa shape index (κ2) is 3.23. The molecule has 2 unspecified atom stereocenters. The van der Waals surface area contributed by atoms with Crippen molar-refractivity contribution in [1.29, 1.82) is 5.26 Å². The second-order valence-electron chi connectivity index (χ2n) is 4.36. The van der Waals surface area contributed by atoms with Crippen LogP contribution in [0.25, 0.3) is 0 Å². The van der Waals surface area contributed by atoms with E-state index in [2.05, 4.69) is 12.6 Å². The Morgan fingerprint density at radius 2 is 2.53 bits per heavy atom. The molecule has 0 aliphatic heterocycles. The summed E-state index contributed by atoms with van der Waals surface area (Å²) in [6.07, 6.45) is 4.49. The minimum absolute atomic E-state index is 0.386. The Morgan fingerprint density at radius 1 is 1.80 bits per heavy atom. The van der Waals surface area contributed by atoms with Gasteiger partial charge in [-0.2, -0.15) is 5.26 Å². The molecule has 2 rings (SSSR count). The fraction of sp³-hybridized carbons (Fsp3) is 0.500. The quantitative estimate of drug-likeness (QED) is 0.510. The standard InChI is InChI=1S/C12H13NO2/c1-8(2)11(14)15-12-4-3-9(6-12)5-10(12)7-13/h5,9H,1,3-4,6H2,2H3. The normalized spacial score (nSPS) is 32.0. The van der Waals surface area contributed by atoms with Gasteiger partial charge in [-0.05, 0) is 32.1 Å². The van der Waals surface area contributed by atoms with Gasteiger partial charge >= 0.3 is 5.97 Å². The van der Waals surface area contributed by atoms with E-state index >= 15 is 0 Å². The molecule has 0 amide bonds. The summed E-state index contributed by atoms with van der Waals surface area (Å²) in [4.78, 5) is 11.5. The minimum Gasteiger partial charge on any atom is -0.450 e. The SMILES string of the molecule is C=C(C)C(=O)OC12CCC(C=C1C#N)C2. The van der Waals surface area contributed by atoms with Gasteiger partial charge in [0.05, 0.1) is 11.6 Å². The van der Waals surface area contributed by atoms with E-state index in [0.717, 1.165) is 19.3 Å². The van der Waals surface area contributed by atoms with Gasteiger partial charge in [0.15, 0.2) is 0 Å². The molecule has 0 heterocycles. The summed E-state index contributed by atoms with van der Waals surface area (Å²) in [7, 11) is 0. The van der Waals surface area contributed by atoms with Crippen LogP contribution >= 0.6 is 0 Å². The zero-order valence-electron chi connectivity index (χ0n) is 8.75. The first-order valence-electron chi connectivity index (χ1n) is 5.09. The molecule has 78 valence electrons. The zero-order valence-corrected chi connectivity index (χ0v) is 8.75. The van der Waals surface area contributed by atoms with Crippen LogP contribution in [0.1, 0.15) is 26.2 Å². The fourth-order valence-electron chi connectivity index (χ4n) is 2.37. The Labute approximate surface area is 89.0 Å². The van der Waals surface area contributed by atoms with Crippen LogP contribution in [0.4, 0.5) is 0 Å². The number of ether oxygens (including phenoxy) is 1. The smallest absolute Gasteiger partial charge is 0.334 e. The lowest BCUT2D eigenvalue weighted by molar-refractivity contribution is -0.150. The maximum Gasteiger partial charge on any atom is 0.334 e. The topological polar surface area (TPSA) is 50.1 Å². The number of carbonyl (C=O) groups is 1. The van der Waals surface area contributed by atoms with Crippen molar-refractivity contribution in [3.8, 4) is 6.07 Å². The van der Waals surface area contributed by atoms with E-state index in [9.17, 15) is 4.79 Å². The Balaban J connectivity index is 2.21. The molecule has 2 atom stereocenters. The van der Waals surface area contributed by atoms with Crippen molar-refractivity contribution in [2.24, 2.45) is 5.92 Å². The van der Waals surface area contributed by atoms with Gasteiger partial charge in [0.1, 0.15) is 5.60 Å². The fourth-order valence-corrected chi connectivity index (χ4v) is 2.37. The number of carbonyl (C=O) groups excluding carboxylic acids is 1. The third-order valence-electron chi connectivity index (χ3n) is 3.16. The molecule has 3 nitrogen and oxygen atoms in total. The number of nitriles is 1. The summed E-state index contributed by atoms with van der Waals surface area (Å²) in [5, 5.41) is 8.97. The summed E-state index contributed by atoms with van der Waals surface area (Å²) < 4.78 is 5.43. The molecule has 0 N–H and O–H groups in total. The van der Waals surface area contributed by atoms with E-state index < -0.39 is 11.6 Å². The first-order chi connectivity index (χ1) is 7.07. The third kappa shape index (κ3) is 1.46. The van der Waals surface area contributed by atoms with Crippen LogP contribution in [0, 0.1) is 17.2 Å². The second-order valence-corrected chi connectivity index (χ2v) is 4.36. The molecule has 1 saturated carbocycles. The first kappa shape index (κ1) is 9.97. The number of hydrogen-bond donors (Lipinski definition) is 0. The maximum atomic E-state index is 11.5. The van der Waals surface area contributed by atoms with Gasteiger partial charge in [-0.1, -0.05) is 12.7 Å². The Hall–Kier alpha value is -1.56. The number of allylic oxidation sites excluding steroid dienone is 1. The molecule has 0 aromatic carbocycles. The van der Waals surface area contributed by atoms with E-state index in [0.29, 0.717) is 17.1 Å². The third-order valence-corrected chi connectivity index (χ3v) is 3.16. The van der Waals surface area contributed by atoms with E-state index in [1.807, 2.05) is 6.08 Å². The molecule has 1 fully saturated rings. The lowest BCUT2D eigenvalue weighted by Crippen LogP contribution is -2.32. The molecular weight excluding hydrogens is 190 g/mol. The van der Waals surface area contributed by atoms with Crippen molar-refractivity contribution >= 4 is 5.97 Å². The first-order valence-corrected chi connectivity index (χ1v) is 5.09. The molecular formula is C12H13NO2. The van der Waals surface area contributed by atoms with Crippen LogP contribution in [0.3, 0.4) is 0 Å². The van der Waals surface area contributed by atoms with Gasteiger partial charge < -0.3 is 4.74 Å². The molecule has 3 heteroatoms. The predicted octanol–water partition coefficient (Wildman–Crippen LogP) is 2.11. The van der Waals surface area contributed by atoms with Crippen LogP contribution in [-0.4, -0.2) is 11.6 Å². The average molecular weight is 203 g/mol. The van der Waals surface area contributed by atoms with E-state index in [1.54, 1.807) is 6.92 Å². The highest BCUT2D eigenvalue weighted by atomic mass is 16.6. The number of nitrogens with zero attached hydrogens (tertiary/aromatic N) is 1. The lowest BCUT2D eigenvalue weighted by Gasteiger charge is -2.26. The molecule has 2 aliphatic carbocycles. The molecule has 2 bridgehead atoms. The van der Waals surface area contributed by atoms with E-state index in [-0.39, 0.29) is 0 Å². The van der Waals surface area contributed by atoms with Gasteiger partial charge in [-0.25, -0.2) is 4.79 Å². The number of rotatable bonds is 2. The van der Waals surface area contributed by atoms with Crippen LogP contribution in [0.2, 0.25) is 0 Å². The summed E-state index contributed by atoms with van der Waals surface area (Å²) >= 11 is 0. The van der Waals surface area contributed by atoms with Crippen molar-refractivity contribution in [2.45, 2.75) is 31.8 Å². The van der Waals surface area contributed by atoms with Gasteiger partial charge in [0.25, 0.3) is 0 Å². The highest BCUT2D eigenvalue weighted by Crippen LogP contribution is 2.49. The summed E-state index contributed by atoms with van der Waals surface area (Å²) in [5.41, 5.74) is 0.375. The maximum absolute atomic E-state index is 11.5. The minimum atomic E-state index is -0.630. The number of hydrogen-bond acceptors (Lipinski definition) is 3. The van der Waals surface area contributed by atoms with E-state index in [1.165, 1.54) is 0 Å². The van der Waals surface area contributed by atoms with Crippen molar-refractivity contribution in [1.82, 2.24) is 0 Å². The van der Waals surface area contributed by atoms with Crippen molar-refractivity contribution in [2.75, 3.05) is 0 Å². The predicted molar refractivity (Wildman–Crippen MR) is 54.7 cm³/mol. The average Bonchev–Trinajstić information content (AvgIpc) is 2.73. The van der Waals surface area contributed by atoms with Crippen molar-refractivity contribution < 1.29 is 9.53 Å². The van der Waals surface area contributed by atoms with Crippen LogP contribution in [0.15, 0.2) is 23.8 Å². The number of fused-ring (bicyclic) bond motifs is 2. The largest absolute Gasteiger partial charge is 0.450 e. The van der Waals surface area contributed by atoms with Crippen LogP contribution in [0.5, 0.6) is 0 Å². The monoisotopic (exact) mass is 203 g/mol. The molecule has 0 aromatic rings. The Morgan fingerprint density at radius 3 is 3.07 bits per heavy atom. The van der Waals surface area contributed by atoms with E-state index in [4.69, 9.17) is 10.00 Å². The van der Waals surface area contributed by atoms with Crippen LogP contribution < -0.4 is 0 Å². The van der Waals surface area contributed by atoms with Crippen molar-refractivity contribution in [3.05, 3.63) is 23.8 Å². The molecule has 2 aliphatic rings. The lowest BCUT2D eigenvalue weighted by atomic mass is 9.94. The molecule has 0 spiro atoms. The summed E-state index contributed by atoms with van der Waals surface area (Å²) in [6.45, 7) is 5.17. The molecule has 0 saturated heterocycles. The number of esters is 1. The van der Waals surface area contributed by atoms with Gasteiger partial charge in [0.2, 0.25) is 0 Å². The van der Waals surface area contributed by atoms with Crippen LogP contribution in [-0.2, 0) is 9.53 Å². The zero-order chi connectivity index (χ0) is 11.1. The molecule has 15 heavy (non-hydrogen) atoms. The summed E-state index contributed by atoms with van der Waals surface area (Å²) in [5.74, 6) is 0.0243. The van der Waals surface area contributed by atoms with Crippen molar-refractivity contribution in [3.63, 3.8) is 0 Å².